The Kier molecular flexibility index (Phi) is 5.86. The third-order valence-electron chi connectivity index (χ3n) is 5.81. The van der Waals surface area contributed by atoms with Gasteiger partial charge in [-0.05, 0) is 49.3 Å². The SMILES string of the molecule is CCC1CCCCN1C(=O)c1cccc(CS(=O)(=O)c2cccc3ccccc23)n1. The van der Waals surface area contributed by atoms with E-state index in [1.165, 1.54) is 0 Å². The number of carbonyl (C=O) groups is 1. The number of piperidine rings is 1. The van der Waals surface area contributed by atoms with Crippen molar-refractivity contribution < 1.29 is 13.2 Å². The van der Waals surface area contributed by atoms with Crippen LogP contribution in [0.5, 0.6) is 0 Å². The largest absolute Gasteiger partial charge is 0.334 e. The Morgan fingerprint density at radius 3 is 2.63 bits per heavy atom. The monoisotopic (exact) mass is 422 g/mol. The first kappa shape index (κ1) is 20.5. The molecular weight excluding hydrogens is 396 g/mol. The van der Waals surface area contributed by atoms with E-state index in [2.05, 4.69) is 11.9 Å². The zero-order valence-corrected chi connectivity index (χ0v) is 17.9. The molecule has 5 nitrogen and oxygen atoms in total. The summed E-state index contributed by atoms with van der Waals surface area (Å²) in [6, 6.07) is 18.0. The van der Waals surface area contributed by atoms with Gasteiger partial charge in [-0.3, -0.25) is 4.79 Å². The maximum absolute atomic E-state index is 13.2. The molecule has 0 saturated carbocycles. The Labute approximate surface area is 177 Å². The molecule has 1 aliphatic heterocycles. The summed E-state index contributed by atoms with van der Waals surface area (Å²) in [5, 5.41) is 1.58. The van der Waals surface area contributed by atoms with E-state index in [-0.39, 0.29) is 17.7 Å². The highest BCUT2D eigenvalue weighted by Gasteiger charge is 2.27. The molecule has 1 unspecified atom stereocenters. The Morgan fingerprint density at radius 1 is 1.03 bits per heavy atom. The maximum Gasteiger partial charge on any atom is 0.272 e. The lowest BCUT2D eigenvalue weighted by atomic mass is 9.99. The van der Waals surface area contributed by atoms with Gasteiger partial charge in [0, 0.05) is 18.0 Å². The zero-order chi connectivity index (χ0) is 21.1. The molecule has 0 N–H and O–H groups in total. The lowest BCUT2D eigenvalue weighted by molar-refractivity contribution is 0.0601. The quantitative estimate of drug-likeness (QED) is 0.602. The molecule has 2 heterocycles. The van der Waals surface area contributed by atoms with Crippen LogP contribution in [0.15, 0.2) is 65.6 Å². The average Bonchev–Trinajstić information content (AvgIpc) is 2.78. The average molecular weight is 423 g/mol. The van der Waals surface area contributed by atoms with Crippen LogP contribution in [-0.4, -0.2) is 36.8 Å². The van der Waals surface area contributed by atoms with Gasteiger partial charge in [-0.15, -0.1) is 0 Å². The number of hydrogen-bond donors (Lipinski definition) is 0. The molecule has 1 amide bonds. The van der Waals surface area contributed by atoms with Crippen molar-refractivity contribution in [2.75, 3.05) is 6.54 Å². The Bertz CT molecular complexity index is 1170. The summed E-state index contributed by atoms with van der Waals surface area (Å²) in [6.45, 7) is 2.83. The number of rotatable bonds is 5. The first-order chi connectivity index (χ1) is 14.5. The minimum absolute atomic E-state index is 0.106. The van der Waals surface area contributed by atoms with E-state index in [0.717, 1.165) is 37.6 Å². The predicted molar refractivity (Wildman–Crippen MR) is 118 cm³/mol. The molecule has 1 aliphatic rings. The third-order valence-corrected chi connectivity index (χ3v) is 7.51. The van der Waals surface area contributed by atoms with Gasteiger partial charge in [0.25, 0.3) is 5.91 Å². The molecule has 156 valence electrons. The first-order valence-corrected chi connectivity index (χ1v) is 12.1. The van der Waals surface area contributed by atoms with Crippen LogP contribution in [0.3, 0.4) is 0 Å². The molecule has 0 bridgehead atoms. The third kappa shape index (κ3) is 4.10. The standard InChI is InChI=1S/C24H26N2O3S/c1-2-20-12-5-6-16-26(20)24(27)22-14-8-11-19(25-22)17-30(28,29)23-15-7-10-18-9-3-4-13-21(18)23/h3-4,7-11,13-15,20H,2,5-6,12,16-17H2,1H3. The fourth-order valence-electron chi connectivity index (χ4n) is 4.26. The van der Waals surface area contributed by atoms with E-state index in [1.54, 1.807) is 30.3 Å². The van der Waals surface area contributed by atoms with Gasteiger partial charge in [-0.2, -0.15) is 0 Å². The number of fused-ring (bicyclic) bond motifs is 1. The molecular formula is C24H26N2O3S. The summed E-state index contributed by atoms with van der Waals surface area (Å²) in [6.07, 6.45) is 4.06. The van der Waals surface area contributed by atoms with Gasteiger partial charge < -0.3 is 4.90 Å². The van der Waals surface area contributed by atoms with Crippen molar-refractivity contribution in [2.45, 2.75) is 49.3 Å². The molecule has 1 fully saturated rings. The Hall–Kier alpha value is -2.73. The normalized spacial score (nSPS) is 17.2. The first-order valence-electron chi connectivity index (χ1n) is 10.5. The van der Waals surface area contributed by atoms with Crippen LogP contribution in [0.4, 0.5) is 0 Å². The molecule has 1 aromatic heterocycles. The van der Waals surface area contributed by atoms with Crippen molar-refractivity contribution in [3.63, 3.8) is 0 Å². The highest BCUT2D eigenvalue weighted by atomic mass is 32.2. The highest BCUT2D eigenvalue weighted by Crippen LogP contribution is 2.26. The van der Waals surface area contributed by atoms with Crippen molar-refractivity contribution >= 4 is 26.5 Å². The Morgan fingerprint density at radius 2 is 1.80 bits per heavy atom. The number of nitrogens with zero attached hydrogens (tertiary/aromatic N) is 2. The number of benzene rings is 2. The van der Waals surface area contributed by atoms with E-state index in [9.17, 15) is 13.2 Å². The molecule has 0 radical (unpaired) electrons. The van der Waals surface area contributed by atoms with Crippen LogP contribution in [0.25, 0.3) is 10.8 Å². The summed E-state index contributed by atoms with van der Waals surface area (Å²) in [7, 11) is -3.61. The van der Waals surface area contributed by atoms with E-state index in [1.807, 2.05) is 35.2 Å². The Balaban J connectivity index is 1.62. The van der Waals surface area contributed by atoms with E-state index in [4.69, 9.17) is 0 Å². The second-order valence-corrected chi connectivity index (χ2v) is 9.76. The van der Waals surface area contributed by atoms with Gasteiger partial charge in [0.05, 0.1) is 16.3 Å². The van der Waals surface area contributed by atoms with Crippen LogP contribution in [0.2, 0.25) is 0 Å². The molecule has 30 heavy (non-hydrogen) atoms. The minimum Gasteiger partial charge on any atom is -0.334 e. The van der Waals surface area contributed by atoms with Gasteiger partial charge >= 0.3 is 0 Å². The lowest BCUT2D eigenvalue weighted by Crippen LogP contribution is -2.43. The number of hydrogen-bond acceptors (Lipinski definition) is 4. The van der Waals surface area contributed by atoms with Crippen LogP contribution < -0.4 is 0 Å². The van der Waals surface area contributed by atoms with Crippen molar-refractivity contribution in [2.24, 2.45) is 0 Å². The van der Waals surface area contributed by atoms with Crippen molar-refractivity contribution in [1.29, 1.82) is 0 Å². The van der Waals surface area contributed by atoms with E-state index in [0.29, 0.717) is 21.7 Å². The van der Waals surface area contributed by atoms with Crippen molar-refractivity contribution in [3.05, 3.63) is 72.1 Å². The number of aromatic nitrogens is 1. The van der Waals surface area contributed by atoms with E-state index >= 15 is 0 Å². The molecule has 3 aromatic rings. The zero-order valence-electron chi connectivity index (χ0n) is 17.1. The van der Waals surface area contributed by atoms with Crippen molar-refractivity contribution in [1.82, 2.24) is 9.88 Å². The van der Waals surface area contributed by atoms with Gasteiger partial charge in [-0.25, -0.2) is 13.4 Å². The molecule has 6 heteroatoms. The highest BCUT2D eigenvalue weighted by molar-refractivity contribution is 7.90. The van der Waals surface area contributed by atoms with Crippen LogP contribution >= 0.6 is 0 Å². The predicted octanol–water partition coefficient (Wildman–Crippen LogP) is 4.61. The number of sulfone groups is 1. The second kappa shape index (κ2) is 8.56. The van der Waals surface area contributed by atoms with Gasteiger partial charge in [0.15, 0.2) is 9.84 Å². The van der Waals surface area contributed by atoms with Crippen LogP contribution in [0, 0.1) is 0 Å². The van der Waals surface area contributed by atoms with Gasteiger partial charge in [-0.1, -0.05) is 49.4 Å². The number of amides is 1. The summed E-state index contributed by atoms with van der Waals surface area (Å²) < 4.78 is 26.3. The molecule has 2 aromatic carbocycles. The van der Waals surface area contributed by atoms with Gasteiger partial charge in [0.1, 0.15) is 5.69 Å². The fraction of sp³-hybridized carbons (Fsp3) is 0.333. The smallest absolute Gasteiger partial charge is 0.272 e. The van der Waals surface area contributed by atoms with Crippen molar-refractivity contribution in [3.8, 4) is 0 Å². The number of pyridine rings is 1. The number of likely N-dealkylation sites (tertiary alicyclic amines) is 1. The van der Waals surface area contributed by atoms with Crippen LogP contribution in [-0.2, 0) is 15.6 Å². The summed E-state index contributed by atoms with van der Waals surface area (Å²) in [5.74, 6) is -0.342. The maximum atomic E-state index is 13.2. The minimum atomic E-state index is -3.61. The molecule has 1 saturated heterocycles. The molecule has 4 rings (SSSR count). The van der Waals surface area contributed by atoms with Crippen LogP contribution in [0.1, 0.15) is 48.8 Å². The van der Waals surface area contributed by atoms with E-state index < -0.39 is 9.84 Å². The fourth-order valence-corrected chi connectivity index (χ4v) is 5.77. The molecule has 0 spiro atoms. The van der Waals surface area contributed by atoms with Gasteiger partial charge in [0.2, 0.25) is 0 Å². The molecule has 0 aliphatic carbocycles. The lowest BCUT2D eigenvalue weighted by Gasteiger charge is -2.35. The topological polar surface area (TPSA) is 67.3 Å². The summed E-state index contributed by atoms with van der Waals surface area (Å²) in [4.78, 5) is 19.7. The second-order valence-electron chi connectivity index (χ2n) is 7.81. The molecule has 1 atom stereocenters. The number of carbonyl (C=O) groups excluding carboxylic acids is 1. The summed E-state index contributed by atoms with van der Waals surface area (Å²) >= 11 is 0. The summed E-state index contributed by atoms with van der Waals surface area (Å²) in [5.41, 5.74) is 0.708.